The van der Waals surface area contributed by atoms with E-state index in [1.54, 1.807) is 13.8 Å². The summed E-state index contributed by atoms with van der Waals surface area (Å²) >= 11 is 4.75. The molecule has 0 spiro atoms. The summed E-state index contributed by atoms with van der Waals surface area (Å²) in [5.74, 6) is -0.343. The molecule has 6 heteroatoms. The third-order valence-corrected chi connectivity index (χ3v) is 4.26. The van der Waals surface area contributed by atoms with Crippen molar-refractivity contribution >= 4 is 44.1 Å². The summed E-state index contributed by atoms with van der Waals surface area (Å²) in [5.41, 5.74) is 3.22. The van der Waals surface area contributed by atoms with Crippen molar-refractivity contribution in [2.75, 3.05) is 11.9 Å². The number of hydrogen-bond acceptors (Lipinski definition) is 5. The van der Waals surface area contributed by atoms with Gasteiger partial charge in [0.05, 0.1) is 18.0 Å². The number of carbonyl (C=O) groups excluding carboxylic acids is 1. The minimum absolute atomic E-state index is 0.343. The summed E-state index contributed by atoms with van der Waals surface area (Å²) in [5, 5.41) is 3.95. The normalized spacial score (nSPS) is 10.4. The Balaban J connectivity index is 2.34. The predicted molar refractivity (Wildman–Crippen MR) is 85.0 cm³/mol. The van der Waals surface area contributed by atoms with Crippen LogP contribution in [0.3, 0.4) is 0 Å². The molecule has 1 aromatic carbocycles. The van der Waals surface area contributed by atoms with Crippen LogP contribution in [-0.4, -0.2) is 16.9 Å². The van der Waals surface area contributed by atoms with E-state index < -0.39 is 0 Å². The number of hydrogen-bond donors (Lipinski definition) is 1. The molecule has 0 aliphatic carbocycles. The highest BCUT2D eigenvalue weighted by molar-refractivity contribution is 9.10. The van der Waals surface area contributed by atoms with Crippen LogP contribution in [0.15, 0.2) is 22.7 Å². The number of nitrogens with one attached hydrogen (secondary N) is 1. The molecule has 1 N–H and O–H groups in total. The van der Waals surface area contributed by atoms with Crippen molar-refractivity contribution in [1.82, 2.24) is 4.37 Å². The van der Waals surface area contributed by atoms with E-state index in [1.165, 1.54) is 11.5 Å². The number of carbonyl (C=O) groups is 1. The van der Waals surface area contributed by atoms with Gasteiger partial charge < -0.3 is 10.1 Å². The Morgan fingerprint density at radius 1 is 1.45 bits per heavy atom. The molecular weight excluding hydrogens is 340 g/mol. The van der Waals surface area contributed by atoms with Gasteiger partial charge in [0.1, 0.15) is 10.6 Å². The first-order valence-corrected chi connectivity index (χ1v) is 7.76. The van der Waals surface area contributed by atoms with Gasteiger partial charge in [-0.05, 0) is 65.9 Å². The second kappa shape index (κ2) is 6.37. The fourth-order valence-corrected chi connectivity index (χ4v) is 2.90. The standard InChI is InChI=1S/C14H15BrN2O2S/c1-4-19-14(18)12-9(3)17-20-13(12)16-11-7-8(2)5-6-10(11)15/h5-7,16H,4H2,1-3H3. The van der Waals surface area contributed by atoms with Gasteiger partial charge in [0.25, 0.3) is 0 Å². The van der Waals surface area contributed by atoms with Gasteiger partial charge in [-0.25, -0.2) is 4.79 Å². The first-order valence-electron chi connectivity index (χ1n) is 6.19. The van der Waals surface area contributed by atoms with Crippen molar-refractivity contribution in [3.8, 4) is 0 Å². The fraction of sp³-hybridized carbons (Fsp3) is 0.286. The zero-order valence-electron chi connectivity index (χ0n) is 11.5. The zero-order valence-corrected chi connectivity index (χ0v) is 13.9. The van der Waals surface area contributed by atoms with Gasteiger partial charge in [0, 0.05) is 4.47 Å². The molecule has 1 heterocycles. The van der Waals surface area contributed by atoms with Crippen molar-refractivity contribution in [1.29, 1.82) is 0 Å². The summed E-state index contributed by atoms with van der Waals surface area (Å²) in [6, 6.07) is 5.99. The van der Waals surface area contributed by atoms with Crippen LogP contribution >= 0.6 is 27.5 Å². The molecule has 2 rings (SSSR count). The van der Waals surface area contributed by atoms with Crippen LogP contribution in [0.1, 0.15) is 28.5 Å². The number of aryl methyl sites for hydroxylation is 2. The Morgan fingerprint density at radius 3 is 2.90 bits per heavy atom. The van der Waals surface area contributed by atoms with Crippen LogP contribution in [0.25, 0.3) is 0 Å². The van der Waals surface area contributed by atoms with Crippen LogP contribution in [0.5, 0.6) is 0 Å². The maximum Gasteiger partial charge on any atom is 0.343 e. The van der Waals surface area contributed by atoms with Crippen LogP contribution < -0.4 is 5.32 Å². The van der Waals surface area contributed by atoms with Crippen LogP contribution in [-0.2, 0) is 4.74 Å². The molecule has 1 aromatic heterocycles. The second-order valence-corrected chi connectivity index (χ2v) is 5.93. The Bertz CT molecular complexity index is 640. The number of nitrogens with zero attached hydrogens (tertiary/aromatic N) is 1. The molecule has 0 aliphatic rings. The summed E-state index contributed by atoms with van der Waals surface area (Å²) in [7, 11) is 0. The number of anilines is 2. The lowest BCUT2D eigenvalue weighted by Gasteiger charge is -2.09. The maximum atomic E-state index is 12.0. The Labute approximate surface area is 130 Å². The molecule has 0 radical (unpaired) electrons. The molecule has 0 fully saturated rings. The first kappa shape index (κ1) is 15.0. The highest BCUT2D eigenvalue weighted by atomic mass is 79.9. The highest BCUT2D eigenvalue weighted by Crippen LogP contribution is 2.32. The lowest BCUT2D eigenvalue weighted by atomic mass is 10.2. The van der Waals surface area contributed by atoms with Crippen LogP contribution in [0.2, 0.25) is 0 Å². The largest absolute Gasteiger partial charge is 0.462 e. The lowest BCUT2D eigenvalue weighted by molar-refractivity contribution is 0.0527. The number of rotatable bonds is 4. The molecule has 0 atom stereocenters. The average molecular weight is 355 g/mol. The molecule has 2 aromatic rings. The third-order valence-electron chi connectivity index (χ3n) is 2.71. The summed E-state index contributed by atoms with van der Waals surface area (Å²) < 4.78 is 10.2. The van der Waals surface area contributed by atoms with E-state index in [9.17, 15) is 4.79 Å². The minimum atomic E-state index is -0.343. The van der Waals surface area contributed by atoms with Gasteiger partial charge in [-0.2, -0.15) is 4.37 Å². The van der Waals surface area contributed by atoms with Crippen molar-refractivity contribution in [3.05, 3.63) is 39.5 Å². The van der Waals surface area contributed by atoms with E-state index in [4.69, 9.17) is 4.74 Å². The van der Waals surface area contributed by atoms with Crippen LogP contribution in [0, 0.1) is 13.8 Å². The van der Waals surface area contributed by atoms with Gasteiger partial charge >= 0.3 is 5.97 Å². The average Bonchev–Trinajstić information content (AvgIpc) is 2.75. The third kappa shape index (κ3) is 3.19. The van der Waals surface area contributed by atoms with Crippen LogP contribution in [0.4, 0.5) is 10.7 Å². The zero-order chi connectivity index (χ0) is 14.7. The lowest BCUT2D eigenvalue weighted by Crippen LogP contribution is -2.07. The number of ether oxygens (including phenoxy) is 1. The molecule has 0 unspecified atom stereocenters. The molecular formula is C14H15BrN2O2S. The topological polar surface area (TPSA) is 51.2 Å². The van der Waals surface area contributed by atoms with E-state index in [1.807, 2.05) is 25.1 Å². The van der Waals surface area contributed by atoms with Crippen molar-refractivity contribution in [2.45, 2.75) is 20.8 Å². The van der Waals surface area contributed by atoms with Gasteiger partial charge in [-0.15, -0.1) is 0 Å². The van der Waals surface area contributed by atoms with Gasteiger partial charge in [0.2, 0.25) is 0 Å². The Hall–Kier alpha value is -1.40. The molecule has 106 valence electrons. The van der Waals surface area contributed by atoms with Gasteiger partial charge in [-0.3, -0.25) is 0 Å². The fourth-order valence-electron chi connectivity index (χ4n) is 1.76. The highest BCUT2D eigenvalue weighted by Gasteiger charge is 2.20. The van der Waals surface area contributed by atoms with Crippen molar-refractivity contribution in [3.63, 3.8) is 0 Å². The number of esters is 1. The SMILES string of the molecule is CCOC(=O)c1c(C)nsc1Nc1cc(C)ccc1Br. The number of halogens is 1. The summed E-state index contributed by atoms with van der Waals surface area (Å²) in [6.45, 7) is 5.96. The monoisotopic (exact) mass is 354 g/mol. The molecule has 0 bridgehead atoms. The van der Waals surface area contributed by atoms with Crippen molar-refractivity contribution < 1.29 is 9.53 Å². The quantitative estimate of drug-likeness (QED) is 0.824. The van der Waals surface area contributed by atoms with E-state index in [0.717, 1.165) is 15.7 Å². The molecule has 0 aliphatic heterocycles. The summed E-state index contributed by atoms with van der Waals surface area (Å²) in [4.78, 5) is 12.0. The molecule has 0 amide bonds. The second-order valence-electron chi connectivity index (χ2n) is 4.30. The minimum Gasteiger partial charge on any atom is -0.462 e. The Kier molecular flexibility index (Phi) is 4.77. The molecule has 20 heavy (non-hydrogen) atoms. The molecule has 4 nitrogen and oxygen atoms in total. The number of aromatic nitrogens is 1. The number of benzene rings is 1. The summed E-state index contributed by atoms with van der Waals surface area (Å²) in [6.07, 6.45) is 0. The first-order chi connectivity index (χ1) is 9.52. The predicted octanol–water partition coefficient (Wildman–Crippen LogP) is 4.44. The van der Waals surface area contributed by atoms with Gasteiger partial charge in [-0.1, -0.05) is 6.07 Å². The molecule has 0 saturated carbocycles. The maximum absolute atomic E-state index is 12.0. The van der Waals surface area contributed by atoms with E-state index in [-0.39, 0.29) is 5.97 Å². The van der Waals surface area contributed by atoms with E-state index >= 15 is 0 Å². The molecule has 0 saturated heterocycles. The smallest absolute Gasteiger partial charge is 0.343 e. The van der Waals surface area contributed by atoms with Gasteiger partial charge in [0.15, 0.2) is 0 Å². The Morgan fingerprint density at radius 2 is 2.20 bits per heavy atom. The van der Waals surface area contributed by atoms with Crippen molar-refractivity contribution in [2.24, 2.45) is 0 Å². The van der Waals surface area contributed by atoms with E-state index in [2.05, 4.69) is 25.6 Å². The van der Waals surface area contributed by atoms with E-state index in [0.29, 0.717) is 22.9 Å².